The zero-order chi connectivity index (χ0) is 58.6. The Morgan fingerprint density at radius 2 is 1.17 bits per heavy atom. The first kappa shape index (κ1) is 60.3. The third-order valence-corrected chi connectivity index (χ3v) is 13.2. The molecule has 1 aliphatic carbocycles. The molecule has 22 heteroatoms. The van der Waals surface area contributed by atoms with Crippen molar-refractivity contribution in [2.75, 3.05) is 31.1 Å². The number of hydrogen-bond acceptors (Lipinski definition) is 15. The molecule has 0 atom stereocenters. The van der Waals surface area contributed by atoms with E-state index in [4.69, 9.17) is 9.52 Å². The summed E-state index contributed by atoms with van der Waals surface area (Å²) in [4.78, 5) is 60.6. The van der Waals surface area contributed by atoms with Gasteiger partial charge in [-0.15, -0.1) is 11.4 Å². The second kappa shape index (κ2) is 27.2. The van der Waals surface area contributed by atoms with Crippen LogP contribution in [0.1, 0.15) is 59.8 Å². The Balaban J connectivity index is 0.000000181. The number of carboxylic acid groups (broad SMARTS) is 2. The van der Waals surface area contributed by atoms with Gasteiger partial charge in [0.15, 0.2) is 0 Å². The van der Waals surface area contributed by atoms with E-state index >= 15 is 0 Å². The number of aromatic hydroxyl groups is 1. The average Bonchev–Trinajstić information content (AvgIpc) is 3.11. The smallest absolute Gasteiger partial charge is 0.337 e. The van der Waals surface area contributed by atoms with E-state index in [2.05, 4.69) is 104 Å². The van der Waals surface area contributed by atoms with Gasteiger partial charge in [0.25, 0.3) is 5.69 Å². The number of phenolic OH excluding ortho intramolecular Hbond substituents is 1. The number of nitro groups is 1. The fraction of sp³-hybridized carbons (Fsp3) is 0.164. The van der Waals surface area contributed by atoms with E-state index in [1.807, 2.05) is 24.3 Å². The molecule has 6 aromatic carbocycles. The summed E-state index contributed by atoms with van der Waals surface area (Å²) in [5.74, 6) is -1.58. The molecule has 0 spiro atoms. The van der Waals surface area contributed by atoms with Crippen LogP contribution in [-0.2, 0) is 17.4 Å². The van der Waals surface area contributed by atoms with Crippen molar-refractivity contribution in [2.24, 2.45) is 20.5 Å². The predicted molar refractivity (Wildman–Crippen MR) is 312 cm³/mol. The molecule has 0 radical (unpaired) electrons. The van der Waals surface area contributed by atoms with Gasteiger partial charge >= 0.3 is 11.9 Å². The summed E-state index contributed by atoms with van der Waals surface area (Å²) in [6, 6.07) is 46.9. The molecule has 21 nitrogen and oxygen atoms in total. The largest absolute Gasteiger partial charge is 0.506 e. The number of benzene rings is 7. The van der Waals surface area contributed by atoms with Crippen molar-refractivity contribution in [3.05, 3.63) is 222 Å². The van der Waals surface area contributed by atoms with Crippen LogP contribution in [0.2, 0.25) is 0 Å². The molecule has 3 heterocycles. The Morgan fingerprint density at radius 1 is 0.639 bits per heavy atom. The zero-order valence-corrected chi connectivity index (χ0v) is 47.2. The molecular formula is C61H56CrN11O10-. The Hall–Kier alpha value is -10.3. The molecule has 2 aliphatic rings. The van der Waals surface area contributed by atoms with Gasteiger partial charge in [0, 0.05) is 76.9 Å². The number of nitrogens with zero attached hydrogens (tertiary/aromatic N) is 11. The van der Waals surface area contributed by atoms with Crippen LogP contribution in [0.4, 0.5) is 34.1 Å². The number of aromatic carboxylic acids is 2. The zero-order valence-electron chi connectivity index (χ0n) is 45.9. The minimum absolute atomic E-state index is 0. The number of azo groups is 2. The number of hydrogen-bond donors (Lipinski definition) is 3. The standard InChI is InChI=1S/C28H30N2O3.C17H13N4O3.C16H12N5O4.Cr/c1-5-29(6-2)19-13-15-23-25(17-19)33-26-18-20(30(7-3)8-4)14-16-24(26)27(23)21-11-9-10-12-22(21)28(31)32;1-11-15(16(22)21(20-11)12-7-3-2-4-8-12)19-18-14-10-6-5-9-13(14)17(23)24;1-10-15(16(23)20(19-10)11-5-3-2-4-6-11)18-17-13-9-12(21(24)25)7-8-14(13)22;/h9-18H,5-8H2,1-4H3;2-10H,1H3,(H,23,24);2-9,22H,1H3;/q;2*-1;/p+1. The van der Waals surface area contributed by atoms with Gasteiger partial charge in [-0.3, -0.25) is 10.1 Å². The van der Waals surface area contributed by atoms with Crippen molar-refractivity contribution in [3.8, 4) is 39.6 Å². The van der Waals surface area contributed by atoms with E-state index in [-0.39, 0.29) is 62.7 Å². The minimum atomic E-state index is -1.11. The van der Waals surface area contributed by atoms with Crippen LogP contribution in [0.3, 0.4) is 0 Å². The fourth-order valence-corrected chi connectivity index (χ4v) is 8.99. The van der Waals surface area contributed by atoms with Crippen molar-refractivity contribution in [3.63, 3.8) is 0 Å². The van der Waals surface area contributed by atoms with Crippen LogP contribution in [-0.4, -0.2) is 77.9 Å². The molecule has 0 fully saturated rings. The van der Waals surface area contributed by atoms with Gasteiger partial charge in [0.05, 0.1) is 39.2 Å². The maximum atomic E-state index is 12.5. The first-order valence-electron chi connectivity index (χ1n) is 26.0. The van der Waals surface area contributed by atoms with E-state index in [0.29, 0.717) is 28.3 Å². The quantitative estimate of drug-likeness (QED) is 0.0215. The van der Waals surface area contributed by atoms with Gasteiger partial charge in [-0.2, -0.15) is 10.2 Å². The third-order valence-electron chi connectivity index (χ3n) is 13.2. The van der Waals surface area contributed by atoms with Gasteiger partial charge < -0.3 is 44.5 Å². The first-order valence-corrected chi connectivity index (χ1v) is 26.0. The van der Waals surface area contributed by atoms with Crippen molar-refractivity contribution in [1.82, 2.24) is 24.1 Å². The number of nitro benzene ring substituents is 1. The summed E-state index contributed by atoms with van der Waals surface area (Å²) in [5, 5.41) is 65.3. The summed E-state index contributed by atoms with van der Waals surface area (Å²) in [6.07, 6.45) is 0. The monoisotopic (exact) mass is 1150 g/mol. The number of aryl methyl sites for hydroxylation is 2. The number of carbonyl (C=O) groups is 2. The van der Waals surface area contributed by atoms with Crippen molar-refractivity contribution < 1.29 is 51.6 Å². The Morgan fingerprint density at radius 3 is 1.71 bits per heavy atom. The number of rotatable bonds is 15. The van der Waals surface area contributed by atoms with Crippen LogP contribution >= 0.6 is 0 Å². The summed E-state index contributed by atoms with van der Waals surface area (Å²) in [6.45, 7) is 15.4. The molecule has 0 unspecified atom stereocenters. The molecule has 2 aromatic heterocycles. The number of para-hydroxylation sites is 2. The molecule has 0 bridgehead atoms. The topological polar surface area (TPSA) is 277 Å². The maximum Gasteiger partial charge on any atom is 0.337 e. The average molecular weight is 1160 g/mol. The number of non-ortho nitro benzene ring substituents is 1. The molecule has 83 heavy (non-hydrogen) atoms. The molecule has 422 valence electrons. The summed E-state index contributed by atoms with van der Waals surface area (Å²) < 4.78 is 11.2. The second-order valence-electron chi connectivity index (χ2n) is 18.2. The number of carboxylic acids is 2. The van der Waals surface area contributed by atoms with Crippen molar-refractivity contribution in [1.29, 1.82) is 0 Å². The number of aromatic nitrogens is 4. The van der Waals surface area contributed by atoms with Crippen LogP contribution in [0.25, 0.3) is 44.8 Å². The molecule has 8 aromatic rings. The van der Waals surface area contributed by atoms with Gasteiger partial charge in [0.1, 0.15) is 47.0 Å². The van der Waals surface area contributed by atoms with E-state index in [1.165, 1.54) is 21.5 Å². The summed E-state index contributed by atoms with van der Waals surface area (Å²) in [7, 11) is 0. The number of phenols is 1. The van der Waals surface area contributed by atoms with Gasteiger partial charge in [0.2, 0.25) is 5.36 Å². The normalized spacial score (nSPS) is 11.0. The summed E-state index contributed by atoms with van der Waals surface area (Å²) >= 11 is 0. The molecule has 0 saturated heterocycles. The Kier molecular flexibility index (Phi) is 19.8. The number of anilines is 1. The Labute approximate surface area is 485 Å². The van der Waals surface area contributed by atoms with Crippen LogP contribution in [0.5, 0.6) is 5.75 Å². The van der Waals surface area contributed by atoms with E-state index in [1.54, 1.807) is 86.6 Å². The van der Waals surface area contributed by atoms with Crippen molar-refractivity contribution in [2.45, 2.75) is 41.5 Å². The van der Waals surface area contributed by atoms with Crippen LogP contribution in [0.15, 0.2) is 198 Å². The fourth-order valence-electron chi connectivity index (χ4n) is 8.99. The van der Waals surface area contributed by atoms with E-state index in [9.17, 15) is 39.5 Å². The maximum absolute atomic E-state index is 12.5. The SMILES string of the molecule is CCN(CC)c1ccc2c(-c3ccccc3C(=O)O)c3ccc(=[N+](CC)CC)cc-3oc2c1.Cc1nn(-c2ccccc2)c(=O)[c-]1N=Nc1cc([N+](=O)[O-])ccc1O.Cc1nn(-c2ccccc2)c(=O)[c-]1N=Nc1ccccc1C(=O)O.[Cr]. The van der Waals surface area contributed by atoms with Crippen LogP contribution < -0.4 is 26.0 Å². The van der Waals surface area contributed by atoms with Gasteiger partial charge in [-0.05, 0) is 100.0 Å². The second-order valence-corrected chi connectivity index (χ2v) is 18.2. The molecule has 0 amide bonds. The molecule has 1 aliphatic heterocycles. The molecular weight excluding hydrogens is 1100 g/mol. The van der Waals surface area contributed by atoms with Crippen molar-refractivity contribution >= 4 is 57.0 Å². The predicted octanol–water partition coefficient (Wildman–Crippen LogP) is 12.2. The molecule has 10 rings (SSSR count). The van der Waals surface area contributed by atoms with Crippen LogP contribution in [0, 0.1) is 24.0 Å². The van der Waals surface area contributed by atoms with E-state index < -0.39 is 28.0 Å². The Bertz CT molecular complexity index is 4190. The first-order chi connectivity index (χ1) is 39.6. The van der Waals surface area contributed by atoms with E-state index in [0.717, 1.165) is 83.3 Å². The van der Waals surface area contributed by atoms with Gasteiger partial charge in [-0.25, -0.2) is 33.7 Å². The van der Waals surface area contributed by atoms with Gasteiger partial charge in [-0.1, -0.05) is 92.0 Å². The summed E-state index contributed by atoms with van der Waals surface area (Å²) in [5.41, 5.74) is 5.62. The molecule has 0 saturated carbocycles. The molecule has 3 N–H and O–H groups in total. The minimum Gasteiger partial charge on any atom is -0.506 e. The third kappa shape index (κ3) is 13.5. The number of fused-ring (bicyclic) bond motifs is 2.